The lowest BCUT2D eigenvalue weighted by atomic mass is 10.2. The van der Waals surface area contributed by atoms with Crippen LogP contribution in [-0.4, -0.2) is 66.9 Å². The summed E-state index contributed by atoms with van der Waals surface area (Å²) in [5.74, 6) is 0.900. The lowest BCUT2D eigenvalue weighted by molar-refractivity contribution is -0.145. The van der Waals surface area contributed by atoms with Gasteiger partial charge in [-0.15, -0.1) is 10.2 Å². The molecule has 0 radical (unpaired) electrons. The molecule has 126 valence electrons. The third kappa shape index (κ3) is 4.80. The van der Waals surface area contributed by atoms with Gasteiger partial charge in [0, 0.05) is 38.7 Å². The highest BCUT2D eigenvalue weighted by molar-refractivity contribution is 5.81. The van der Waals surface area contributed by atoms with Crippen molar-refractivity contribution in [2.45, 2.75) is 19.8 Å². The number of aromatic nitrogens is 2. The lowest BCUT2D eigenvalue weighted by Crippen LogP contribution is -2.49. The van der Waals surface area contributed by atoms with Gasteiger partial charge in [0.15, 0.2) is 5.82 Å². The van der Waals surface area contributed by atoms with Gasteiger partial charge in [0.2, 0.25) is 11.8 Å². The number of anilines is 1. The summed E-state index contributed by atoms with van der Waals surface area (Å²) in [7, 11) is 1.55. The molecule has 2 heterocycles. The number of ether oxygens (including phenoxy) is 2. The molecular weight excluding hydrogens is 300 g/mol. The van der Waals surface area contributed by atoms with Crippen LogP contribution in [0.5, 0.6) is 5.88 Å². The number of carbonyl (C=O) groups excluding carboxylic acids is 2. The third-order valence-electron chi connectivity index (χ3n) is 3.64. The van der Waals surface area contributed by atoms with Crippen molar-refractivity contribution < 1.29 is 19.1 Å². The lowest BCUT2D eigenvalue weighted by Gasteiger charge is -2.35. The Morgan fingerprint density at radius 2 is 1.87 bits per heavy atom. The number of methoxy groups -OCH3 is 1. The van der Waals surface area contributed by atoms with Crippen LogP contribution in [0.2, 0.25) is 0 Å². The fraction of sp³-hybridized carbons (Fsp3) is 0.600. The van der Waals surface area contributed by atoms with Crippen molar-refractivity contribution in [3.05, 3.63) is 12.1 Å². The van der Waals surface area contributed by atoms with E-state index in [1.54, 1.807) is 25.0 Å². The minimum absolute atomic E-state index is 0.0153. The van der Waals surface area contributed by atoms with Gasteiger partial charge in [0.1, 0.15) is 0 Å². The van der Waals surface area contributed by atoms with Gasteiger partial charge in [-0.3, -0.25) is 9.59 Å². The van der Waals surface area contributed by atoms with Gasteiger partial charge in [0.25, 0.3) is 0 Å². The average Bonchev–Trinajstić information content (AvgIpc) is 2.60. The molecule has 0 N–H and O–H groups in total. The van der Waals surface area contributed by atoms with Crippen LogP contribution in [0.25, 0.3) is 0 Å². The smallest absolute Gasteiger partial charge is 0.306 e. The second-order valence-electron chi connectivity index (χ2n) is 5.11. The minimum atomic E-state index is -0.326. The van der Waals surface area contributed by atoms with E-state index < -0.39 is 0 Å². The molecule has 1 aromatic heterocycles. The maximum absolute atomic E-state index is 12.1. The molecule has 23 heavy (non-hydrogen) atoms. The fourth-order valence-electron chi connectivity index (χ4n) is 2.38. The van der Waals surface area contributed by atoms with Crippen LogP contribution < -0.4 is 9.64 Å². The molecule has 1 aliphatic rings. The van der Waals surface area contributed by atoms with E-state index in [4.69, 9.17) is 9.47 Å². The van der Waals surface area contributed by atoms with Crippen LogP contribution in [-0.2, 0) is 14.3 Å². The summed E-state index contributed by atoms with van der Waals surface area (Å²) in [5, 5.41) is 8.06. The molecule has 1 fully saturated rings. The van der Waals surface area contributed by atoms with Crippen LogP contribution in [0.15, 0.2) is 12.1 Å². The Morgan fingerprint density at radius 1 is 1.13 bits per heavy atom. The molecule has 8 heteroatoms. The first kappa shape index (κ1) is 17.0. The molecule has 0 atom stereocenters. The van der Waals surface area contributed by atoms with Crippen molar-refractivity contribution in [1.82, 2.24) is 15.1 Å². The summed E-state index contributed by atoms with van der Waals surface area (Å²) < 4.78 is 9.82. The number of rotatable bonds is 6. The Hall–Kier alpha value is -2.38. The van der Waals surface area contributed by atoms with Crippen molar-refractivity contribution in [2.24, 2.45) is 0 Å². The third-order valence-corrected chi connectivity index (χ3v) is 3.64. The Labute approximate surface area is 135 Å². The zero-order valence-corrected chi connectivity index (χ0v) is 13.5. The van der Waals surface area contributed by atoms with Gasteiger partial charge in [-0.25, -0.2) is 0 Å². The molecule has 1 aliphatic heterocycles. The van der Waals surface area contributed by atoms with Gasteiger partial charge < -0.3 is 19.3 Å². The van der Waals surface area contributed by atoms with E-state index in [-0.39, 0.29) is 24.7 Å². The zero-order chi connectivity index (χ0) is 16.7. The van der Waals surface area contributed by atoms with Crippen LogP contribution in [0.1, 0.15) is 19.8 Å². The van der Waals surface area contributed by atoms with Gasteiger partial charge in [-0.2, -0.15) is 0 Å². The molecule has 0 unspecified atom stereocenters. The maximum atomic E-state index is 12.1. The first-order valence-electron chi connectivity index (χ1n) is 7.70. The van der Waals surface area contributed by atoms with Crippen molar-refractivity contribution >= 4 is 17.7 Å². The largest absolute Gasteiger partial charge is 0.480 e. The predicted octanol–water partition coefficient (Wildman–Crippen LogP) is 0.477. The highest BCUT2D eigenvalue weighted by atomic mass is 16.5. The first-order valence-corrected chi connectivity index (χ1v) is 7.70. The quantitative estimate of drug-likeness (QED) is 0.704. The molecule has 2 rings (SSSR count). The Bertz CT molecular complexity index is 527. The van der Waals surface area contributed by atoms with E-state index in [9.17, 15) is 9.59 Å². The van der Waals surface area contributed by atoms with E-state index in [2.05, 4.69) is 15.1 Å². The van der Waals surface area contributed by atoms with E-state index in [0.29, 0.717) is 38.7 Å². The molecule has 0 spiro atoms. The monoisotopic (exact) mass is 322 g/mol. The molecule has 0 aromatic carbocycles. The minimum Gasteiger partial charge on any atom is -0.480 e. The highest BCUT2D eigenvalue weighted by Gasteiger charge is 2.22. The number of esters is 1. The molecule has 0 bridgehead atoms. The van der Waals surface area contributed by atoms with Gasteiger partial charge in [-0.05, 0) is 13.0 Å². The van der Waals surface area contributed by atoms with Crippen molar-refractivity contribution in [1.29, 1.82) is 0 Å². The Kier molecular flexibility index (Phi) is 6.13. The van der Waals surface area contributed by atoms with E-state index in [1.165, 1.54) is 0 Å². The molecule has 1 aromatic rings. The fourth-order valence-corrected chi connectivity index (χ4v) is 2.38. The summed E-state index contributed by atoms with van der Waals surface area (Å²) in [6, 6.07) is 3.61. The van der Waals surface area contributed by atoms with Gasteiger partial charge in [-0.1, -0.05) is 0 Å². The first-order chi connectivity index (χ1) is 11.1. The molecule has 0 saturated carbocycles. The van der Waals surface area contributed by atoms with Gasteiger partial charge >= 0.3 is 5.97 Å². The van der Waals surface area contributed by atoms with E-state index in [0.717, 1.165) is 5.82 Å². The number of nitrogens with zero attached hydrogens (tertiary/aromatic N) is 4. The maximum Gasteiger partial charge on any atom is 0.306 e. The van der Waals surface area contributed by atoms with Crippen LogP contribution >= 0.6 is 0 Å². The molecule has 1 amide bonds. The number of carbonyl (C=O) groups is 2. The Morgan fingerprint density at radius 3 is 2.43 bits per heavy atom. The van der Waals surface area contributed by atoms with Crippen molar-refractivity contribution in [2.75, 3.05) is 44.8 Å². The number of amides is 1. The second-order valence-corrected chi connectivity index (χ2v) is 5.11. The zero-order valence-electron chi connectivity index (χ0n) is 13.5. The van der Waals surface area contributed by atoms with Crippen LogP contribution in [0, 0.1) is 0 Å². The summed E-state index contributed by atoms with van der Waals surface area (Å²) in [4.78, 5) is 27.2. The van der Waals surface area contributed by atoms with Crippen molar-refractivity contribution in [3.8, 4) is 5.88 Å². The van der Waals surface area contributed by atoms with E-state index in [1.807, 2.05) is 6.07 Å². The standard InChI is InChI=1S/C15H22N4O4/c1-3-23-15(21)7-6-14(20)19-10-8-18(9-11-19)12-4-5-13(22-2)17-16-12/h4-5H,3,6-11H2,1-2H3. The van der Waals surface area contributed by atoms with E-state index >= 15 is 0 Å². The SMILES string of the molecule is CCOC(=O)CCC(=O)N1CCN(c2ccc(OC)nn2)CC1. The van der Waals surface area contributed by atoms with Crippen LogP contribution in [0.4, 0.5) is 5.82 Å². The predicted molar refractivity (Wildman–Crippen MR) is 83.2 cm³/mol. The number of hydrogen-bond acceptors (Lipinski definition) is 7. The molecular formula is C15H22N4O4. The topological polar surface area (TPSA) is 84.9 Å². The molecule has 8 nitrogen and oxygen atoms in total. The molecule has 1 saturated heterocycles. The summed E-state index contributed by atoms with van der Waals surface area (Å²) >= 11 is 0. The van der Waals surface area contributed by atoms with Crippen molar-refractivity contribution in [3.63, 3.8) is 0 Å². The highest BCUT2D eigenvalue weighted by Crippen LogP contribution is 2.15. The van der Waals surface area contributed by atoms with Gasteiger partial charge in [0.05, 0.1) is 20.1 Å². The normalized spacial score (nSPS) is 14.5. The summed E-state index contributed by atoms with van der Waals surface area (Å²) in [6.07, 6.45) is 0.331. The second kappa shape index (κ2) is 8.30. The summed E-state index contributed by atoms with van der Waals surface area (Å²) in [6.45, 7) is 4.68. The number of hydrogen-bond donors (Lipinski definition) is 0. The Balaban J connectivity index is 1.78. The van der Waals surface area contributed by atoms with Crippen LogP contribution in [0.3, 0.4) is 0 Å². The number of piperazine rings is 1. The summed E-state index contributed by atoms with van der Waals surface area (Å²) in [5.41, 5.74) is 0. The average molecular weight is 322 g/mol. The molecule has 0 aliphatic carbocycles.